The minimum atomic E-state index is -1.79. The van der Waals surface area contributed by atoms with E-state index in [1.165, 1.54) is 36.8 Å². The molecule has 20 heteroatoms. The van der Waals surface area contributed by atoms with Crippen LogP contribution in [0, 0.1) is 0 Å². The summed E-state index contributed by atoms with van der Waals surface area (Å²) in [5.74, 6) is -7.94. The Hall–Kier alpha value is -6.05. The van der Waals surface area contributed by atoms with Crippen LogP contribution in [0.1, 0.15) is 36.9 Å². The van der Waals surface area contributed by atoms with Gasteiger partial charge in [0.25, 0.3) is 0 Å². The number of carboxylic acid groups (broad SMARTS) is 1. The van der Waals surface area contributed by atoms with Crippen LogP contribution in [0.3, 0.4) is 0 Å². The number of benzene rings is 1. The number of aromatic hydroxyl groups is 1. The van der Waals surface area contributed by atoms with Crippen molar-refractivity contribution in [3.63, 3.8) is 0 Å². The van der Waals surface area contributed by atoms with Gasteiger partial charge in [-0.25, -0.2) is 9.78 Å². The maximum absolute atomic E-state index is 13.7. The van der Waals surface area contributed by atoms with Crippen LogP contribution in [0.4, 0.5) is 0 Å². The number of amides is 7. The van der Waals surface area contributed by atoms with Crippen molar-refractivity contribution < 1.29 is 48.6 Å². The van der Waals surface area contributed by atoms with Gasteiger partial charge in [-0.15, -0.1) is 0 Å². The molecular formula is C30H40N10O10. The zero-order valence-electron chi connectivity index (χ0n) is 26.8. The molecule has 1 aromatic heterocycles. The molecule has 1 aliphatic heterocycles. The fraction of sp³-hybridized carbons (Fsp3) is 0.433. The Balaban J connectivity index is 1.82. The number of hydrogen-bond donors (Lipinski definition) is 11. The van der Waals surface area contributed by atoms with Gasteiger partial charge < -0.3 is 58.6 Å². The van der Waals surface area contributed by atoms with E-state index in [9.17, 15) is 48.6 Å². The molecule has 50 heavy (non-hydrogen) atoms. The van der Waals surface area contributed by atoms with Gasteiger partial charge in [0.1, 0.15) is 29.9 Å². The van der Waals surface area contributed by atoms with E-state index < -0.39 is 91.0 Å². The maximum Gasteiger partial charge on any atom is 0.326 e. The number of carbonyl (C=O) groups excluding carboxylic acids is 7. The molecule has 7 amide bonds. The summed E-state index contributed by atoms with van der Waals surface area (Å²) in [7, 11) is 0. The van der Waals surface area contributed by atoms with Crippen molar-refractivity contribution in [1.82, 2.24) is 41.9 Å². The first-order valence-electron chi connectivity index (χ1n) is 15.5. The minimum Gasteiger partial charge on any atom is -0.508 e. The van der Waals surface area contributed by atoms with Crippen LogP contribution in [0.15, 0.2) is 36.8 Å². The summed E-state index contributed by atoms with van der Waals surface area (Å²) in [5, 5.41) is 34.0. The molecule has 20 nitrogen and oxygen atoms in total. The van der Waals surface area contributed by atoms with Crippen LogP contribution in [-0.4, -0.2) is 111 Å². The lowest BCUT2D eigenvalue weighted by atomic mass is 10.0. The average molecular weight is 701 g/mol. The largest absolute Gasteiger partial charge is 0.508 e. The molecule has 0 aliphatic carbocycles. The van der Waals surface area contributed by atoms with Crippen molar-refractivity contribution in [1.29, 1.82) is 0 Å². The molecule has 1 aliphatic rings. The van der Waals surface area contributed by atoms with E-state index in [1.807, 2.05) is 5.32 Å². The van der Waals surface area contributed by atoms with Gasteiger partial charge >= 0.3 is 5.97 Å². The molecule has 5 atom stereocenters. The Kier molecular flexibility index (Phi) is 14.2. The first kappa shape index (κ1) is 38.4. The Labute approximate surface area is 284 Å². The smallest absolute Gasteiger partial charge is 0.326 e. The monoisotopic (exact) mass is 700 g/mol. The number of aromatic nitrogens is 2. The van der Waals surface area contributed by atoms with Crippen LogP contribution >= 0.6 is 0 Å². The summed E-state index contributed by atoms with van der Waals surface area (Å²) in [5.41, 5.74) is 11.2. The van der Waals surface area contributed by atoms with E-state index >= 15 is 0 Å². The molecule has 2 heterocycles. The Morgan fingerprint density at radius 1 is 0.820 bits per heavy atom. The Morgan fingerprint density at radius 2 is 1.40 bits per heavy atom. The minimum absolute atomic E-state index is 0.0842. The molecule has 13 N–H and O–H groups in total. The summed E-state index contributed by atoms with van der Waals surface area (Å²) >= 11 is 0. The first-order valence-corrected chi connectivity index (χ1v) is 15.5. The number of phenols is 1. The van der Waals surface area contributed by atoms with Gasteiger partial charge in [0, 0.05) is 24.7 Å². The van der Waals surface area contributed by atoms with Crippen LogP contribution in [0.2, 0.25) is 0 Å². The van der Waals surface area contributed by atoms with E-state index in [0.717, 1.165) is 6.42 Å². The fourth-order valence-corrected chi connectivity index (χ4v) is 4.98. The van der Waals surface area contributed by atoms with Gasteiger partial charge in [-0.05, 0) is 37.1 Å². The molecule has 2 aromatic rings. The molecule has 270 valence electrons. The molecule has 0 radical (unpaired) electrons. The van der Waals surface area contributed by atoms with Gasteiger partial charge in [-0.3, -0.25) is 33.6 Å². The third-order valence-electron chi connectivity index (χ3n) is 7.50. The molecule has 1 saturated heterocycles. The van der Waals surface area contributed by atoms with Gasteiger partial charge in [0.15, 0.2) is 0 Å². The quantitative estimate of drug-likeness (QED) is 0.0661. The highest BCUT2D eigenvalue weighted by Gasteiger charge is 2.33. The molecule has 3 rings (SSSR count). The zero-order valence-corrected chi connectivity index (χ0v) is 26.8. The Bertz CT molecular complexity index is 1540. The predicted octanol–water partition coefficient (Wildman–Crippen LogP) is -4.46. The van der Waals surface area contributed by atoms with Gasteiger partial charge in [0.2, 0.25) is 41.4 Å². The van der Waals surface area contributed by atoms with Crippen LogP contribution in [0.5, 0.6) is 5.75 Å². The molecule has 0 spiro atoms. The number of rotatable bonds is 19. The van der Waals surface area contributed by atoms with Gasteiger partial charge in [-0.2, -0.15) is 0 Å². The zero-order chi connectivity index (χ0) is 36.8. The second-order valence-electron chi connectivity index (χ2n) is 11.5. The van der Waals surface area contributed by atoms with E-state index in [4.69, 9.17) is 11.5 Å². The number of primary amides is 2. The second kappa shape index (κ2) is 18.5. The van der Waals surface area contributed by atoms with Crippen molar-refractivity contribution in [2.75, 3.05) is 13.1 Å². The number of nitrogens with zero attached hydrogens (tertiary/aromatic N) is 1. The summed E-state index contributed by atoms with van der Waals surface area (Å²) in [6.07, 6.45) is 2.26. The normalized spacial score (nSPS) is 16.1. The first-order chi connectivity index (χ1) is 23.7. The number of nitrogens with one attached hydrogen (secondary N) is 7. The number of imidazole rings is 1. The molecule has 0 bridgehead atoms. The maximum atomic E-state index is 13.7. The van der Waals surface area contributed by atoms with E-state index in [-0.39, 0.29) is 24.5 Å². The van der Waals surface area contributed by atoms with Crippen molar-refractivity contribution >= 4 is 47.3 Å². The van der Waals surface area contributed by atoms with Crippen LogP contribution in [-0.2, 0) is 51.2 Å². The molecule has 0 saturated carbocycles. The highest BCUT2D eigenvalue weighted by molar-refractivity contribution is 5.97. The summed E-state index contributed by atoms with van der Waals surface area (Å²) in [6, 6.07) is -1.18. The summed E-state index contributed by atoms with van der Waals surface area (Å²) in [4.78, 5) is 107. The lowest BCUT2D eigenvalue weighted by Gasteiger charge is -2.26. The third-order valence-corrected chi connectivity index (χ3v) is 7.50. The number of carboxylic acids is 1. The lowest BCUT2D eigenvalue weighted by Crippen LogP contribution is -2.59. The van der Waals surface area contributed by atoms with Crippen molar-refractivity contribution in [3.05, 3.63) is 48.0 Å². The van der Waals surface area contributed by atoms with Gasteiger partial charge in [0.05, 0.1) is 31.8 Å². The van der Waals surface area contributed by atoms with E-state index in [1.54, 1.807) is 0 Å². The summed E-state index contributed by atoms with van der Waals surface area (Å²) in [6.45, 7) is 0.222. The standard InChI is InChI=1S/C30H40N10O10/c31-23(42)10-21(29(48)40-22(30(49)50)11-24(32)43)39-27(46)19(8-15-3-5-17(41)6-4-15)38-28(47)20(9-16-12-33-14-36-16)37-25(44)13-35-26(45)18-2-1-7-34-18/h3-6,12,14,18-22,34,41H,1-2,7-11,13H2,(H2,31,42)(H2,32,43)(H,33,36)(H,35,45)(H,37,44)(H,38,47)(H,39,46)(H,40,48)(H,49,50)/t18-,19-,20-,21-,22-/m0/s1. The van der Waals surface area contributed by atoms with Crippen LogP contribution in [0.25, 0.3) is 0 Å². The topological polar surface area (TPSA) is 330 Å². The van der Waals surface area contributed by atoms with E-state index in [0.29, 0.717) is 24.2 Å². The highest BCUT2D eigenvalue weighted by atomic mass is 16.4. The summed E-state index contributed by atoms with van der Waals surface area (Å²) < 4.78 is 0. The number of carbonyl (C=O) groups is 8. The van der Waals surface area contributed by atoms with Crippen LogP contribution < -0.4 is 43.4 Å². The predicted molar refractivity (Wildman–Crippen MR) is 171 cm³/mol. The average Bonchev–Trinajstić information content (AvgIpc) is 3.78. The second-order valence-corrected chi connectivity index (χ2v) is 11.5. The SMILES string of the molecule is NC(=O)C[C@H](NC(=O)[C@H](CC(N)=O)NC(=O)[C@H](Cc1ccc(O)cc1)NC(=O)[C@H](Cc1cnc[nH]1)NC(=O)CNC(=O)[C@@H]1CCCN1)C(=O)O. The number of H-pyrrole nitrogens is 1. The molecule has 1 aromatic carbocycles. The fourth-order valence-electron chi connectivity index (χ4n) is 4.98. The Morgan fingerprint density at radius 3 is 1.96 bits per heavy atom. The van der Waals surface area contributed by atoms with Crippen molar-refractivity contribution in [2.24, 2.45) is 11.5 Å². The number of aliphatic carboxylic acids is 1. The number of nitrogens with two attached hydrogens (primary N) is 2. The molecular weight excluding hydrogens is 660 g/mol. The van der Waals surface area contributed by atoms with E-state index in [2.05, 4.69) is 36.6 Å². The number of aromatic amines is 1. The molecule has 1 fully saturated rings. The molecule has 0 unspecified atom stereocenters. The lowest BCUT2D eigenvalue weighted by molar-refractivity contribution is -0.144. The third kappa shape index (κ3) is 12.5. The van der Waals surface area contributed by atoms with Crippen molar-refractivity contribution in [3.8, 4) is 5.75 Å². The number of phenolic OH excluding ortho intramolecular Hbond substituents is 1. The highest BCUT2D eigenvalue weighted by Crippen LogP contribution is 2.12. The number of hydrogen-bond acceptors (Lipinski definition) is 11. The van der Waals surface area contributed by atoms with Gasteiger partial charge in [-0.1, -0.05) is 12.1 Å². The van der Waals surface area contributed by atoms with Crippen molar-refractivity contribution in [2.45, 2.75) is 68.7 Å².